The summed E-state index contributed by atoms with van der Waals surface area (Å²) in [5.74, 6) is -1.05. The average molecular weight is 286 g/mol. The first-order valence-electron chi connectivity index (χ1n) is 6.41. The summed E-state index contributed by atoms with van der Waals surface area (Å²) in [5.41, 5.74) is -0.00956. The van der Waals surface area contributed by atoms with Gasteiger partial charge in [0.2, 0.25) is 0 Å². The molecule has 1 amide bonds. The molecule has 1 fully saturated rings. The second-order valence-corrected chi connectivity index (χ2v) is 5.40. The van der Waals surface area contributed by atoms with Crippen LogP contribution in [0.2, 0.25) is 5.02 Å². The Morgan fingerprint density at radius 3 is 2.74 bits per heavy atom. The van der Waals surface area contributed by atoms with Gasteiger partial charge in [0.25, 0.3) is 5.91 Å². The van der Waals surface area contributed by atoms with Crippen molar-refractivity contribution in [3.63, 3.8) is 0 Å². The topological polar surface area (TPSA) is 40.5 Å². The number of likely N-dealkylation sites (N-methyl/N-ethyl adjacent to an activating group) is 1. The van der Waals surface area contributed by atoms with Gasteiger partial charge >= 0.3 is 0 Å². The van der Waals surface area contributed by atoms with Gasteiger partial charge in [-0.3, -0.25) is 4.79 Å². The molecule has 0 heterocycles. The van der Waals surface area contributed by atoms with Crippen molar-refractivity contribution in [1.82, 2.24) is 4.90 Å². The van der Waals surface area contributed by atoms with Gasteiger partial charge in [-0.15, -0.1) is 0 Å². The molecule has 1 aliphatic rings. The fourth-order valence-electron chi connectivity index (χ4n) is 2.55. The van der Waals surface area contributed by atoms with Crippen LogP contribution in [-0.4, -0.2) is 35.1 Å². The number of halogens is 2. The minimum absolute atomic E-state index is 0.00956. The van der Waals surface area contributed by atoms with E-state index < -0.39 is 17.8 Å². The zero-order valence-corrected chi connectivity index (χ0v) is 11.5. The van der Waals surface area contributed by atoms with Gasteiger partial charge in [0.05, 0.1) is 17.7 Å². The summed E-state index contributed by atoms with van der Waals surface area (Å²) in [4.78, 5) is 13.7. The van der Waals surface area contributed by atoms with E-state index >= 15 is 0 Å². The van der Waals surface area contributed by atoms with Crippen LogP contribution in [0.3, 0.4) is 0 Å². The standard InChI is InChI=1S/C14H17ClFNO2/c1-17(12-4-2-3-5-13(12)18)14(19)10-7-6-9(15)8-11(10)16/h6-8,12-13,18H,2-5H2,1H3/t12-,13+/m1/s1. The fourth-order valence-corrected chi connectivity index (χ4v) is 2.71. The average Bonchev–Trinajstić information content (AvgIpc) is 2.38. The molecule has 0 aliphatic heterocycles. The predicted molar refractivity (Wildman–Crippen MR) is 71.8 cm³/mol. The third-order valence-electron chi connectivity index (χ3n) is 3.67. The molecule has 5 heteroatoms. The van der Waals surface area contributed by atoms with Crippen LogP contribution in [-0.2, 0) is 0 Å². The number of aliphatic hydroxyl groups is 1. The Morgan fingerprint density at radius 2 is 2.11 bits per heavy atom. The Morgan fingerprint density at radius 1 is 1.42 bits per heavy atom. The maximum atomic E-state index is 13.7. The molecule has 1 aromatic rings. The molecule has 1 saturated carbocycles. The number of carbonyl (C=O) groups is 1. The molecular weight excluding hydrogens is 269 g/mol. The van der Waals surface area contributed by atoms with E-state index in [1.165, 1.54) is 17.0 Å². The monoisotopic (exact) mass is 285 g/mol. The van der Waals surface area contributed by atoms with E-state index in [0.29, 0.717) is 6.42 Å². The second kappa shape index (κ2) is 5.88. The van der Waals surface area contributed by atoms with Gasteiger partial charge in [-0.05, 0) is 31.0 Å². The summed E-state index contributed by atoms with van der Waals surface area (Å²) in [6.45, 7) is 0. The highest BCUT2D eigenvalue weighted by molar-refractivity contribution is 6.30. The third kappa shape index (κ3) is 3.07. The quantitative estimate of drug-likeness (QED) is 0.908. The van der Waals surface area contributed by atoms with Crippen molar-refractivity contribution in [1.29, 1.82) is 0 Å². The molecule has 2 rings (SSSR count). The SMILES string of the molecule is CN(C(=O)c1ccc(Cl)cc1F)[C@@H]1CCCC[C@@H]1O. The van der Waals surface area contributed by atoms with E-state index in [0.717, 1.165) is 25.3 Å². The fraction of sp³-hybridized carbons (Fsp3) is 0.500. The summed E-state index contributed by atoms with van der Waals surface area (Å²) < 4.78 is 13.7. The van der Waals surface area contributed by atoms with Crippen LogP contribution < -0.4 is 0 Å². The van der Waals surface area contributed by atoms with Crippen LogP contribution in [0.25, 0.3) is 0 Å². The van der Waals surface area contributed by atoms with E-state index in [1.807, 2.05) is 0 Å². The molecular formula is C14H17ClFNO2. The highest BCUT2D eigenvalue weighted by Gasteiger charge is 2.30. The van der Waals surface area contributed by atoms with Crippen molar-refractivity contribution >= 4 is 17.5 Å². The first-order chi connectivity index (χ1) is 9.00. The van der Waals surface area contributed by atoms with Crippen LogP contribution in [0.4, 0.5) is 4.39 Å². The highest BCUT2D eigenvalue weighted by Crippen LogP contribution is 2.24. The van der Waals surface area contributed by atoms with Crippen LogP contribution in [0.5, 0.6) is 0 Å². The van der Waals surface area contributed by atoms with Crippen molar-refractivity contribution < 1.29 is 14.3 Å². The Balaban J connectivity index is 2.18. The summed E-state index contributed by atoms with van der Waals surface area (Å²) in [7, 11) is 1.61. The number of amides is 1. The lowest BCUT2D eigenvalue weighted by atomic mass is 9.91. The highest BCUT2D eigenvalue weighted by atomic mass is 35.5. The van der Waals surface area contributed by atoms with Gasteiger partial charge in [0.1, 0.15) is 5.82 Å². The van der Waals surface area contributed by atoms with Crippen LogP contribution in [0.15, 0.2) is 18.2 Å². The molecule has 3 nitrogen and oxygen atoms in total. The van der Waals surface area contributed by atoms with Crippen molar-refractivity contribution in [2.75, 3.05) is 7.05 Å². The van der Waals surface area contributed by atoms with E-state index in [9.17, 15) is 14.3 Å². The van der Waals surface area contributed by atoms with Crippen molar-refractivity contribution in [2.45, 2.75) is 37.8 Å². The molecule has 1 aliphatic carbocycles. The van der Waals surface area contributed by atoms with Gasteiger partial charge in [-0.2, -0.15) is 0 Å². The van der Waals surface area contributed by atoms with Crippen LogP contribution >= 0.6 is 11.6 Å². The molecule has 104 valence electrons. The largest absolute Gasteiger partial charge is 0.391 e. The second-order valence-electron chi connectivity index (χ2n) is 4.96. The van der Waals surface area contributed by atoms with Crippen LogP contribution in [0, 0.1) is 5.82 Å². The molecule has 0 aromatic heterocycles. The van der Waals surface area contributed by atoms with Crippen LogP contribution in [0.1, 0.15) is 36.0 Å². The van der Waals surface area contributed by atoms with Gasteiger partial charge in [-0.25, -0.2) is 4.39 Å². The smallest absolute Gasteiger partial charge is 0.256 e. The summed E-state index contributed by atoms with van der Waals surface area (Å²) >= 11 is 5.67. The Kier molecular flexibility index (Phi) is 4.42. The Labute approximate surface area is 117 Å². The number of nitrogens with zero attached hydrogens (tertiary/aromatic N) is 1. The lowest BCUT2D eigenvalue weighted by Crippen LogP contribution is -2.46. The predicted octanol–water partition coefficient (Wildman–Crippen LogP) is 2.85. The molecule has 0 bridgehead atoms. The zero-order valence-electron chi connectivity index (χ0n) is 10.8. The van der Waals surface area contributed by atoms with Crippen molar-refractivity contribution in [3.8, 4) is 0 Å². The number of aliphatic hydroxyl groups excluding tert-OH is 1. The Bertz CT molecular complexity index is 481. The number of hydrogen-bond acceptors (Lipinski definition) is 2. The van der Waals surface area contributed by atoms with Crippen molar-refractivity contribution in [3.05, 3.63) is 34.6 Å². The lowest BCUT2D eigenvalue weighted by molar-refractivity contribution is 0.0265. The van der Waals surface area contributed by atoms with Gasteiger partial charge < -0.3 is 10.0 Å². The van der Waals surface area contributed by atoms with Gasteiger partial charge in [0.15, 0.2) is 0 Å². The number of hydrogen-bond donors (Lipinski definition) is 1. The molecule has 0 spiro atoms. The summed E-state index contributed by atoms with van der Waals surface area (Å²) in [6, 6.07) is 3.76. The number of carbonyl (C=O) groups excluding carboxylic acids is 1. The molecule has 1 aromatic carbocycles. The molecule has 0 saturated heterocycles. The molecule has 2 atom stereocenters. The minimum Gasteiger partial charge on any atom is -0.391 e. The maximum Gasteiger partial charge on any atom is 0.256 e. The van der Waals surface area contributed by atoms with Gasteiger partial charge in [-0.1, -0.05) is 24.4 Å². The van der Waals surface area contributed by atoms with E-state index in [4.69, 9.17) is 11.6 Å². The molecule has 19 heavy (non-hydrogen) atoms. The van der Waals surface area contributed by atoms with E-state index in [2.05, 4.69) is 0 Å². The lowest BCUT2D eigenvalue weighted by Gasteiger charge is -2.35. The third-order valence-corrected chi connectivity index (χ3v) is 3.91. The zero-order chi connectivity index (χ0) is 14.0. The number of benzene rings is 1. The Hall–Kier alpha value is -1.13. The summed E-state index contributed by atoms with van der Waals surface area (Å²) in [6.07, 6.45) is 2.85. The van der Waals surface area contributed by atoms with E-state index in [1.54, 1.807) is 7.05 Å². The van der Waals surface area contributed by atoms with E-state index in [-0.39, 0.29) is 16.6 Å². The summed E-state index contributed by atoms with van der Waals surface area (Å²) in [5, 5.41) is 10.2. The van der Waals surface area contributed by atoms with Gasteiger partial charge in [0, 0.05) is 12.1 Å². The number of rotatable bonds is 2. The first-order valence-corrected chi connectivity index (χ1v) is 6.79. The molecule has 0 unspecified atom stereocenters. The normalized spacial score (nSPS) is 23.2. The van der Waals surface area contributed by atoms with Crippen molar-refractivity contribution in [2.24, 2.45) is 0 Å². The first kappa shape index (κ1) is 14.3. The molecule has 0 radical (unpaired) electrons. The molecule has 1 N–H and O–H groups in total. The minimum atomic E-state index is -0.630. The maximum absolute atomic E-state index is 13.7.